The Balaban J connectivity index is 1.92. The summed E-state index contributed by atoms with van der Waals surface area (Å²) in [6.45, 7) is 2.00. The van der Waals surface area contributed by atoms with Crippen LogP contribution in [0.4, 0.5) is 5.69 Å². The van der Waals surface area contributed by atoms with Crippen molar-refractivity contribution in [2.75, 3.05) is 20.1 Å². The highest BCUT2D eigenvalue weighted by atomic mass is 79.9. The van der Waals surface area contributed by atoms with E-state index in [0.29, 0.717) is 0 Å². The van der Waals surface area contributed by atoms with Crippen molar-refractivity contribution in [3.8, 4) is 11.5 Å². The first-order valence-corrected chi connectivity index (χ1v) is 8.53. The molecule has 4 heteroatoms. The van der Waals surface area contributed by atoms with Crippen molar-refractivity contribution < 1.29 is 4.74 Å². The number of ether oxygens (including phenoxy) is 1. The zero-order valence-corrected chi connectivity index (χ0v) is 14.5. The molecule has 2 aliphatic heterocycles. The molecule has 0 saturated carbocycles. The summed E-state index contributed by atoms with van der Waals surface area (Å²) in [4.78, 5) is 7.28. The van der Waals surface area contributed by atoms with E-state index >= 15 is 0 Å². The van der Waals surface area contributed by atoms with Crippen molar-refractivity contribution in [3.05, 3.63) is 64.1 Å². The molecule has 0 spiro atoms. The average Bonchev–Trinajstić information content (AvgIpc) is 2.71. The van der Waals surface area contributed by atoms with Gasteiger partial charge in [-0.15, -0.1) is 0 Å². The van der Waals surface area contributed by atoms with Gasteiger partial charge < -0.3 is 9.64 Å². The van der Waals surface area contributed by atoms with Crippen molar-refractivity contribution in [3.63, 3.8) is 0 Å². The molecule has 116 valence electrons. The Kier molecular flexibility index (Phi) is 3.79. The molecule has 2 heterocycles. The van der Waals surface area contributed by atoms with Gasteiger partial charge in [0.15, 0.2) is 5.75 Å². The second kappa shape index (κ2) is 5.95. The van der Waals surface area contributed by atoms with Crippen LogP contribution in [-0.4, -0.2) is 30.7 Å². The Labute approximate surface area is 144 Å². The third kappa shape index (κ3) is 2.84. The average molecular weight is 369 g/mol. The summed E-state index contributed by atoms with van der Waals surface area (Å²) in [5.41, 5.74) is 4.19. The normalized spacial score (nSPS) is 17.3. The van der Waals surface area contributed by atoms with Crippen molar-refractivity contribution in [1.82, 2.24) is 4.90 Å². The minimum absolute atomic E-state index is 0.802. The van der Waals surface area contributed by atoms with Crippen molar-refractivity contribution >= 4 is 27.3 Å². The summed E-state index contributed by atoms with van der Waals surface area (Å²) in [5.74, 6) is 1.65. The first-order valence-electron chi connectivity index (χ1n) is 7.74. The maximum absolute atomic E-state index is 6.13. The summed E-state index contributed by atoms with van der Waals surface area (Å²) < 4.78 is 7.16. The van der Waals surface area contributed by atoms with E-state index < -0.39 is 0 Å². The number of para-hydroxylation sites is 2. The van der Waals surface area contributed by atoms with E-state index in [1.54, 1.807) is 0 Å². The molecule has 0 saturated heterocycles. The first-order chi connectivity index (χ1) is 11.2. The Hall–Kier alpha value is -1.91. The number of hydrogen-bond donors (Lipinski definition) is 0. The molecule has 4 rings (SSSR count). The van der Waals surface area contributed by atoms with Gasteiger partial charge in [-0.3, -0.25) is 0 Å². The fourth-order valence-electron chi connectivity index (χ4n) is 3.02. The molecule has 0 N–H and O–H groups in total. The van der Waals surface area contributed by atoms with Gasteiger partial charge in [0.05, 0.1) is 5.71 Å². The summed E-state index contributed by atoms with van der Waals surface area (Å²) in [7, 11) is 2.15. The molecular formula is C19H17BrN2O. The predicted octanol–water partition coefficient (Wildman–Crippen LogP) is 4.94. The summed E-state index contributed by atoms with van der Waals surface area (Å²) >= 11 is 3.57. The van der Waals surface area contributed by atoms with Gasteiger partial charge in [-0.1, -0.05) is 34.1 Å². The van der Waals surface area contributed by atoms with Crippen LogP contribution < -0.4 is 4.74 Å². The monoisotopic (exact) mass is 368 g/mol. The fourth-order valence-corrected chi connectivity index (χ4v) is 3.38. The minimum Gasteiger partial charge on any atom is -0.454 e. The summed E-state index contributed by atoms with van der Waals surface area (Å²) in [6, 6.07) is 14.0. The van der Waals surface area contributed by atoms with E-state index in [9.17, 15) is 0 Å². The highest BCUT2D eigenvalue weighted by Crippen LogP contribution is 2.39. The molecular weight excluding hydrogens is 352 g/mol. The quantitative estimate of drug-likeness (QED) is 0.712. The third-order valence-corrected chi connectivity index (χ3v) is 4.65. The van der Waals surface area contributed by atoms with E-state index in [1.165, 1.54) is 5.57 Å². The molecule has 0 aromatic heterocycles. The molecule has 2 aromatic rings. The Bertz CT molecular complexity index is 826. The van der Waals surface area contributed by atoms with Gasteiger partial charge >= 0.3 is 0 Å². The lowest BCUT2D eigenvalue weighted by atomic mass is 9.98. The molecule has 0 bridgehead atoms. The topological polar surface area (TPSA) is 24.8 Å². The minimum atomic E-state index is 0.802. The number of likely N-dealkylation sites (N-methyl/N-ethyl adjacent to an activating group) is 1. The molecule has 0 amide bonds. The van der Waals surface area contributed by atoms with Gasteiger partial charge in [0.1, 0.15) is 11.4 Å². The van der Waals surface area contributed by atoms with E-state index in [-0.39, 0.29) is 0 Å². The molecule has 0 unspecified atom stereocenters. The Morgan fingerprint density at radius 1 is 1.13 bits per heavy atom. The van der Waals surface area contributed by atoms with E-state index in [1.807, 2.05) is 36.4 Å². The van der Waals surface area contributed by atoms with Gasteiger partial charge in [0.25, 0.3) is 0 Å². The van der Waals surface area contributed by atoms with Crippen molar-refractivity contribution in [2.45, 2.75) is 6.42 Å². The molecule has 2 aromatic carbocycles. The van der Waals surface area contributed by atoms with Gasteiger partial charge in [-0.2, -0.15) is 0 Å². The lowest BCUT2D eigenvalue weighted by Gasteiger charge is -2.24. The van der Waals surface area contributed by atoms with Gasteiger partial charge in [0.2, 0.25) is 0 Å². The molecule has 0 radical (unpaired) electrons. The van der Waals surface area contributed by atoms with Gasteiger partial charge in [-0.05, 0) is 49.4 Å². The van der Waals surface area contributed by atoms with E-state index in [2.05, 4.69) is 40.0 Å². The largest absolute Gasteiger partial charge is 0.454 e. The number of halogens is 1. The Morgan fingerprint density at radius 2 is 2.00 bits per heavy atom. The molecule has 0 atom stereocenters. The fraction of sp³-hybridized carbons (Fsp3) is 0.211. The van der Waals surface area contributed by atoms with Crippen molar-refractivity contribution in [1.29, 1.82) is 0 Å². The standard InChI is InChI=1S/C19H17BrN2O/c1-22-10-4-5-13(12-22)19-15-11-14(20)8-9-17(15)23-18-7-3-2-6-16(18)21-19/h2-3,5-9,11H,4,10,12H2,1H3. The maximum Gasteiger partial charge on any atom is 0.153 e. The third-order valence-electron chi connectivity index (χ3n) is 4.16. The van der Waals surface area contributed by atoms with Gasteiger partial charge in [0, 0.05) is 23.1 Å². The number of rotatable bonds is 1. The number of benzene rings is 2. The summed E-state index contributed by atoms with van der Waals surface area (Å²) in [5, 5.41) is 0. The van der Waals surface area contributed by atoms with Crippen LogP contribution in [-0.2, 0) is 0 Å². The lowest BCUT2D eigenvalue weighted by molar-refractivity contribution is 0.360. The van der Waals surface area contributed by atoms with E-state index in [4.69, 9.17) is 9.73 Å². The van der Waals surface area contributed by atoms with Crippen LogP contribution in [0.3, 0.4) is 0 Å². The molecule has 0 fully saturated rings. The SMILES string of the molecule is CN1CCC=C(C2=Nc3ccccc3Oc3ccc(Br)cc32)C1. The number of aliphatic imine (C=N–C) groups is 1. The van der Waals surface area contributed by atoms with E-state index in [0.717, 1.165) is 52.4 Å². The van der Waals surface area contributed by atoms with Crippen LogP contribution in [0.2, 0.25) is 0 Å². The predicted molar refractivity (Wildman–Crippen MR) is 97.1 cm³/mol. The van der Waals surface area contributed by atoms with Crippen molar-refractivity contribution in [2.24, 2.45) is 4.99 Å². The van der Waals surface area contributed by atoms with Crippen LogP contribution in [0, 0.1) is 0 Å². The number of hydrogen-bond acceptors (Lipinski definition) is 3. The van der Waals surface area contributed by atoms with Crippen LogP contribution >= 0.6 is 15.9 Å². The van der Waals surface area contributed by atoms with Crippen LogP contribution in [0.5, 0.6) is 11.5 Å². The Morgan fingerprint density at radius 3 is 2.87 bits per heavy atom. The molecule has 3 nitrogen and oxygen atoms in total. The molecule has 0 aliphatic carbocycles. The van der Waals surface area contributed by atoms with Crippen LogP contribution in [0.15, 0.2) is 63.6 Å². The second-order valence-electron chi connectivity index (χ2n) is 5.93. The second-order valence-corrected chi connectivity index (χ2v) is 6.84. The zero-order valence-electron chi connectivity index (χ0n) is 12.9. The smallest absolute Gasteiger partial charge is 0.153 e. The highest BCUT2D eigenvalue weighted by molar-refractivity contribution is 9.10. The maximum atomic E-state index is 6.13. The zero-order chi connectivity index (χ0) is 15.8. The number of nitrogens with zero attached hydrogens (tertiary/aromatic N) is 2. The van der Waals surface area contributed by atoms with Crippen LogP contribution in [0.1, 0.15) is 12.0 Å². The number of fused-ring (bicyclic) bond motifs is 2. The summed E-state index contributed by atoms with van der Waals surface area (Å²) in [6.07, 6.45) is 3.36. The highest BCUT2D eigenvalue weighted by Gasteiger charge is 2.23. The molecule has 2 aliphatic rings. The van der Waals surface area contributed by atoms with Gasteiger partial charge in [-0.25, -0.2) is 4.99 Å². The van der Waals surface area contributed by atoms with Crippen LogP contribution in [0.25, 0.3) is 0 Å². The first kappa shape index (κ1) is 14.7. The molecule has 23 heavy (non-hydrogen) atoms. The lowest BCUT2D eigenvalue weighted by Crippen LogP contribution is -2.28.